The van der Waals surface area contributed by atoms with Crippen molar-refractivity contribution in [2.45, 2.75) is 26.3 Å². The van der Waals surface area contributed by atoms with Gasteiger partial charge in [0.05, 0.1) is 10.7 Å². The van der Waals surface area contributed by atoms with Gasteiger partial charge in [-0.2, -0.15) is 0 Å². The Kier molecular flexibility index (Phi) is 3.19. The van der Waals surface area contributed by atoms with Crippen molar-refractivity contribution in [1.82, 2.24) is 10.3 Å². The van der Waals surface area contributed by atoms with Gasteiger partial charge in [-0.15, -0.1) is 11.3 Å². The van der Waals surface area contributed by atoms with E-state index in [0.717, 1.165) is 24.5 Å². The Bertz CT molecular complexity index is 381. The molecule has 4 heteroatoms. The minimum Gasteiger partial charge on any atom is -0.323 e. The first-order chi connectivity index (χ1) is 7.15. The van der Waals surface area contributed by atoms with Crippen LogP contribution in [0.4, 0.5) is 0 Å². The number of nitrogens with zero attached hydrogens (tertiary/aromatic N) is 1. The topological polar surface area (TPSA) is 50.9 Å². The van der Waals surface area contributed by atoms with Crippen molar-refractivity contribution in [2.75, 3.05) is 13.1 Å². The summed E-state index contributed by atoms with van der Waals surface area (Å²) in [5.41, 5.74) is 8.44. The van der Waals surface area contributed by atoms with Crippen LogP contribution in [0.25, 0.3) is 0 Å². The molecule has 1 aromatic rings. The molecular formula is C11H17N3S. The molecule has 0 fully saturated rings. The third kappa shape index (κ3) is 2.65. The summed E-state index contributed by atoms with van der Waals surface area (Å²) >= 11 is 1.77. The predicted molar refractivity (Wildman–Crippen MR) is 64.2 cm³/mol. The molecular weight excluding hydrogens is 206 g/mol. The highest BCUT2D eigenvalue weighted by Gasteiger charge is 2.12. The average Bonchev–Trinajstić information content (AvgIpc) is 2.45. The molecule has 0 amide bonds. The zero-order chi connectivity index (χ0) is 10.8. The molecule has 0 bridgehead atoms. The van der Waals surface area contributed by atoms with E-state index in [9.17, 15) is 0 Å². The predicted octanol–water partition coefficient (Wildman–Crippen LogP) is 1.16. The number of rotatable bonds is 2. The molecule has 0 spiro atoms. The zero-order valence-electron chi connectivity index (χ0n) is 9.21. The van der Waals surface area contributed by atoms with Gasteiger partial charge in [0.25, 0.3) is 0 Å². The molecule has 1 aliphatic rings. The first-order valence-electron chi connectivity index (χ1n) is 5.24. The number of nitrogens with one attached hydrogen (secondary N) is 1. The van der Waals surface area contributed by atoms with Gasteiger partial charge >= 0.3 is 0 Å². The number of hydrogen-bond donors (Lipinski definition) is 2. The van der Waals surface area contributed by atoms with Gasteiger partial charge in [0.2, 0.25) is 0 Å². The molecule has 1 aliphatic heterocycles. The molecule has 2 heterocycles. The first-order valence-corrected chi connectivity index (χ1v) is 6.05. The largest absolute Gasteiger partial charge is 0.323 e. The van der Waals surface area contributed by atoms with Gasteiger partial charge < -0.3 is 11.1 Å². The number of nitrogens with two attached hydrogens (primary N) is 1. The lowest BCUT2D eigenvalue weighted by Gasteiger charge is -2.18. The fourth-order valence-corrected chi connectivity index (χ4v) is 2.73. The lowest BCUT2D eigenvalue weighted by Crippen LogP contribution is -2.38. The highest BCUT2D eigenvalue weighted by atomic mass is 32.1. The standard InChI is InChI=1S/C11H17N3S/c1-7-11(14-8(2)15-7)4-9-3-10(12)6-13-5-9/h3,10,13H,4-6,12H2,1-2H3. The van der Waals surface area contributed by atoms with Gasteiger partial charge in [0.1, 0.15) is 0 Å². The second-order valence-corrected chi connectivity index (χ2v) is 5.44. The number of hydrogen-bond acceptors (Lipinski definition) is 4. The lowest BCUT2D eigenvalue weighted by atomic mass is 10.0. The smallest absolute Gasteiger partial charge is 0.0900 e. The van der Waals surface area contributed by atoms with E-state index in [1.165, 1.54) is 16.1 Å². The summed E-state index contributed by atoms with van der Waals surface area (Å²) in [7, 11) is 0. The van der Waals surface area contributed by atoms with Gasteiger partial charge in [-0.3, -0.25) is 0 Å². The van der Waals surface area contributed by atoms with Crippen LogP contribution in [-0.2, 0) is 6.42 Å². The first kappa shape index (κ1) is 10.8. The SMILES string of the molecule is Cc1nc(CC2=CC(N)CNC2)c(C)s1. The fraction of sp³-hybridized carbons (Fsp3) is 0.545. The summed E-state index contributed by atoms with van der Waals surface area (Å²) in [6, 6.07) is 0.161. The molecule has 1 unspecified atom stereocenters. The van der Waals surface area contributed by atoms with Gasteiger partial charge in [-0.05, 0) is 13.8 Å². The third-order valence-electron chi connectivity index (χ3n) is 2.58. The third-order valence-corrected chi connectivity index (χ3v) is 3.50. The van der Waals surface area contributed by atoms with Crippen molar-refractivity contribution in [3.8, 4) is 0 Å². The van der Waals surface area contributed by atoms with E-state index < -0.39 is 0 Å². The van der Waals surface area contributed by atoms with Crippen molar-refractivity contribution in [3.05, 3.63) is 27.2 Å². The second-order valence-electron chi connectivity index (χ2n) is 4.03. The highest BCUT2D eigenvalue weighted by molar-refractivity contribution is 7.11. The summed E-state index contributed by atoms with van der Waals surface area (Å²) in [6.45, 7) is 6.03. The normalized spacial score (nSPS) is 21.5. The van der Waals surface area contributed by atoms with E-state index >= 15 is 0 Å². The molecule has 0 saturated carbocycles. The van der Waals surface area contributed by atoms with Crippen LogP contribution in [0.5, 0.6) is 0 Å². The van der Waals surface area contributed by atoms with Crippen molar-refractivity contribution >= 4 is 11.3 Å². The van der Waals surface area contributed by atoms with Gasteiger partial charge in [-0.25, -0.2) is 4.98 Å². The molecule has 0 saturated heterocycles. The Balaban J connectivity index is 2.11. The van der Waals surface area contributed by atoms with Crippen LogP contribution >= 0.6 is 11.3 Å². The Morgan fingerprint density at radius 3 is 3.00 bits per heavy atom. The molecule has 0 aromatic carbocycles. The van der Waals surface area contributed by atoms with Crippen LogP contribution in [-0.4, -0.2) is 24.1 Å². The summed E-state index contributed by atoms with van der Waals surface area (Å²) in [4.78, 5) is 5.86. The monoisotopic (exact) mass is 223 g/mol. The maximum atomic E-state index is 5.87. The van der Waals surface area contributed by atoms with Crippen LogP contribution in [0, 0.1) is 13.8 Å². The summed E-state index contributed by atoms with van der Waals surface area (Å²) in [5, 5.41) is 4.46. The van der Waals surface area contributed by atoms with Crippen molar-refractivity contribution in [1.29, 1.82) is 0 Å². The second kappa shape index (κ2) is 4.43. The maximum Gasteiger partial charge on any atom is 0.0900 e. The van der Waals surface area contributed by atoms with Crippen LogP contribution in [0.2, 0.25) is 0 Å². The number of aryl methyl sites for hydroxylation is 2. The fourth-order valence-electron chi connectivity index (χ4n) is 1.89. The Labute approximate surface area is 94.4 Å². The van der Waals surface area contributed by atoms with Gasteiger partial charge in [0, 0.05) is 30.4 Å². The minimum atomic E-state index is 0.161. The highest BCUT2D eigenvalue weighted by Crippen LogP contribution is 2.19. The molecule has 3 nitrogen and oxygen atoms in total. The van der Waals surface area contributed by atoms with Crippen molar-refractivity contribution in [2.24, 2.45) is 5.73 Å². The molecule has 1 atom stereocenters. The van der Waals surface area contributed by atoms with Crippen molar-refractivity contribution in [3.63, 3.8) is 0 Å². The summed E-state index contributed by atoms with van der Waals surface area (Å²) in [6.07, 6.45) is 3.11. The quantitative estimate of drug-likeness (QED) is 0.740. The Morgan fingerprint density at radius 2 is 2.40 bits per heavy atom. The summed E-state index contributed by atoms with van der Waals surface area (Å²) in [5.74, 6) is 0. The molecule has 0 radical (unpaired) electrons. The molecule has 1 aromatic heterocycles. The van der Waals surface area contributed by atoms with E-state index in [-0.39, 0.29) is 6.04 Å². The van der Waals surface area contributed by atoms with Gasteiger partial charge in [0.15, 0.2) is 0 Å². The number of aromatic nitrogens is 1. The van der Waals surface area contributed by atoms with Crippen LogP contribution in [0.3, 0.4) is 0 Å². The van der Waals surface area contributed by atoms with E-state index in [0.29, 0.717) is 0 Å². The Morgan fingerprint density at radius 1 is 1.60 bits per heavy atom. The van der Waals surface area contributed by atoms with Gasteiger partial charge in [-0.1, -0.05) is 11.6 Å². The minimum absolute atomic E-state index is 0.161. The maximum absolute atomic E-state index is 5.87. The average molecular weight is 223 g/mol. The molecule has 15 heavy (non-hydrogen) atoms. The zero-order valence-corrected chi connectivity index (χ0v) is 10.0. The van der Waals surface area contributed by atoms with Crippen molar-refractivity contribution < 1.29 is 0 Å². The van der Waals surface area contributed by atoms with Crippen LogP contribution in [0.1, 0.15) is 15.6 Å². The molecule has 82 valence electrons. The molecule has 0 aliphatic carbocycles. The van der Waals surface area contributed by atoms with E-state index in [1.54, 1.807) is 11.3 Å². The van der Waals surface area contributed by atoms with Crippen LogP contribution in [0.15, 0.2) is 11.6 Å². The molecule has 2 rings (SSSR count). The van der Waals surface area contributed by atoms with E-state index in [1.807, 2.05) is 0 Å². The van der Waals surface area contributed by atoms with E-state index in [2.05, 4.69) is 30.2 Å². The number of thiazole rings is 1. The molecule has 3 N–H and O–H groups in total. The Hall–Kier alpha value is -0.710. The van der Waals surface area contributed by atoms with E-state index in [4.69, 9.17) is 5.73 Å². The summed E-state index contributed by atoms with van der Waals surface area (Å²) < 4.78 is 0. The van der Waals surface area contributed by atoms with Crippen LogP contribution < -0.4 is 11.1 Å². The lowest BCUT2D eigenvalue weighted by molar-refractivity contribution is 0.625.